The quantitative estimate of drug-likeness (QED) is 0.656. The van der Waals surface area contributed by atoms with E-state index >= 15 is 0 Å². The smallest absolute Gasteiger partial charge is 0.0971 e. The lowest BCUT2D eigenvalue weighted by Crippen LogP contribution is -2.56. The van der Waals surface area contributed by atoms with Gasteiger partial charge in [0.25, 0.3) is 0 Å². The van der Waals surface area contributed by atoms with E-state index in [1.807, 2.05) is 7.05 Å². The molecule has 2 fully saturated rings. The molecule has 0 radical (unpaired) electrons. The number of nitrogens with zero attached hydrogens (tertiary/aromatic N) is 1. The second kappa shape index (κ2) is 5.84. The second-order valence-electron chi connectivity index (χ2n) is 5.58. The highest BCUT2D eigenvalue weighted by Crippen LogP contribution is 2.40. The number of likely N-dealkylation sites (tertiary alicyclic amines) is 1. The molecule has 3 atom stereocenters. The molecule has 0 spiro atoms. The van der Waals surface area contributed by atoms with Gasteiger partial charge in [-0.1, -0.05) is 0 Å². The normalized spacial score (nSPS) is 32.7. The van der Waals surface area contributed by atoms with Crippen LogP contribution < -0.4 is 5.32 Å². The van der Waals surface area contributed by atoms with E-state index in [0.29, 0.717) is 5.92 Å². The van der Waals surface area contributed by atoms with E-state index in [9.17, 15) is 5.11 Å². The molecule has 1 heterocycles. The van der Waals surface area contributed by atoms with Crippen LogP contribution in [-0.4, -0.2) is 75.3 Å². The lowest BCUT2D eigenvalue weighted by Gasteiger charge is -2.35. The summed E-state index contributed by atoms with van der Waals surface area (Å²) in [5.74, 6) is 0.607. The Balaban J connectivity index is 1.96. The van der Waals surface area contributed by atoms with Crippen molar-refractivity contribution < 1.29 is 14.6 Å². The summed E-state index contributed by atoms with van der Waals surface area (Å²) in [6.07, 6.45) is 2.72. The molecule has 0 aromatic rings. The molecule has 0 aromatic carbocycles. The van der Waals surface area contributed by atoms with Crippen molar-refractivity contribution in [2.24, 2.45) is 5.92 Å². The highest BCUT2D eigenvalue weighted by atomic mass is 16.5. The van der Waals surface area contributed by atoms with E-state index in [4.69, 9.17) is 9.47 Å². The van der Waals surface area contributed by atoms with Crippen molar-refractivity contribution in [3.8, 4) is 0 Å². The Hall–Kier alpha value is -0.200. The first kappa shape index (κ1) is 14.2. The SMILES string of the molecule is CNC(CO)(CN1CC(OC)C(OC)C1)C1CC1. The van der Waals surface area contributed by atoms with Gasteiger partial charge in [-0.05, 0) is 25.8 Å². The lowest BCUT2D eigenvalue weighted by molar-refractivity contribution is -0.00461. The Bertz CT molecular complexity index is 255. The number of ether oxygens (including phenoxy) is 2. The molecule has 0 amide bonds. The summed E-state index contributed by atoms with van der Waals surface area (Å²) in [5, 5.41) is 13.1. The third kappa shape index (κ3) is 2.70. The Morgan fingerprint density at radius 3 is 2.11 bits per heavy atom. The Morgan fingerprint density at radius 2 is 1.78 bits per heavy atom. The molecule has 1 saturated heterocycles. The van der Waals surface area contributed by atoms with Crippen molar-refractivity contribution in [1.29, 1.82) is 0 Å². The van der Waals surface area contributed by atoms with Crippen LogP contribution in [0.25, 0.3) is 0 Å². The maximum Gasteiger partial charge on any atom is 0.0971 e. The van der Waals surface area contributed by atoms with Crippen LogP contribution in [0, 0.1) is 5.92 Å². The first-order valence-corrected chi connectivity index (χ1v) is 6.76. The minimum atomic E-state index is -0.152. The second-order valence-corrected chi connectivity index (χ2v) is 5.58. The Morgan fingerprint density at radius 1 is 1.22 bits per heavy atom. The van der Waals surface area contributed by atoms with Gasteiger partial charge in [0, 0.05) is 33.9 Å². The Labute approximate surface area is 109 Å². The summed E-state index contributed by atoms with van der Waals surface area (Å²) in [4.78, 5) is 2.34. The zero-order valence-corrected chi connectivity index (χ0v) is 11.7. The van der Waals surface area contributed by atoms with Crippen molar-refractivity contribution in [3.05, 3.63) is 0 Å². The molecular weight excluding hydrogens is 232 g/mol. The summed E-state index contributed by atoms with van der Waals surface area (Å²) in [6, 6.07) is 0. The summed E-state index contributed by atoms with van der Waals surface area (Å²) in [5.41, 5.74) is -0.152. The molecule has 1 aliphatic carbocycles. The van der Waals surface area contributed by atoms with Crippen molar-refractivity contribution in [2.45, 2.75) is 30.6 Å². The van der Waals surface area contributed by atoms with Gasteiger partial charge >= 0.3 is 0 Å². The van der Waals surface area contributed by atoms with E-state index in [1.165, 1.54) is 12.8 Å². The number of hydrogen-bond acceptors (Lipinski definition) is 5. The minimum absolute atomic E-state index is 0.141. The molecule has 106 valence electrons. The van der Waals surface area contributed by atoms with Gasteiger partial charge in [-0.25, -0.2) is 0 Å². The van der Waals surface area contributed by atoms with Crippen molar-refractivity contribution >= 4 is 0 Å². The molecule has 1 saturated carbocycles. The van der Waals surface area contributed by atoms with Crippen LogP contribution in [0.1, 0.15) is 12.8 Å². The lowest BCUT2D eigenvalue weighted by atomic mass is 9.93. The fraction of sp³-hybridized carbons (Fsp3) is 1.00. The number of likely N-dealkylation sites (N-methyl/N-ethyl adjacent to an activating group) is 1. The van der Waals surface area contributed by atoms with Gasteiger partial charge in [-0.2, -0.15) is 0 Å². The van der Waals surface area contributed by atoms with Gasteiger partial charge < -0.3 is 19.9 Å². The molecular formula is C13H26N2O3. The number of rotatable bonds is 7. The van der Waals surface area contributed by atoms with Crippen molar-refractivity contribution in [1.82, 2.24) is 10.2 Å². The highest BCUT2D eigenvalue weighted by molar-refractivity contribution is 5.03. The van der Waals surface area contributed by atoms with Crippen LogP contribution in [0.5, 0.6) is 0 Å². The fourth-order valence-corrected chi connectivity index (χ4v) is 3.11. The van der Waals surface area contributed by atoms with Crippen LogP contribution in [0.3, 0.4) is 0 Å². The van der Waals surface area contributed by atoms with Gasteiger partial charge in [-0.15, -0.1) is 0 Å². The molecule has 2 aliphatic rings. The van der Waals surface area contributed by atoms with E-state index < -0.39 is 0 Å². The minimum Gasteiger partial charge on any atom is -0.394 e. The average Bonchev–Trinajstić information content (AvgIpc) is 3.18. The van der Waals surface area contributed by atoms with Crippen molar-refractivity contribution in [3.63, 3.8) is 0 Å². The van der Waals surface area contributed by atoms with E-state index in [-0.39, 0.29) is 24.4 Å². The maximum absolute atomic E-state index is 9.74. The van der Waals surface area contributed by atoms with E-state index in [2.05, 4.69) is 10.2 Å². The predicted octanol–water partition coefficient (Wildman–Crippen LogP) is -0.307. The van der Waals surface area contributed by atoms with Crippen LogP contribution in [0.4, 0.5) is 0 Å². The third-order valence-electron chi connectivity index (χ3n) is 4.54. The first-order chi connectivity index (χ1) is 8.69. The van der Waals surface area contributed by atoms with E-state index in [1.54, 1.807) is 14.2 Å². The highest BCUT2D eigenvalue weighted by Gasteiger charge is 2.46. The number of hydrogen-bond donors (Lipinski definition) is 2. The van der Waals surface area contributed by atoms with E-state index in [0.717, 1.165) is 19.6 Å². The van der Waals surface area contributed by atoms with Gasteiger partial charge in [0.2, 0.25) is 0 Å². The number of aliphatic hydroxyl groups excluding tert-OH is 1. The fourth-order valence-electron chi connectivity index (χ4n) is 3.11. The number of methoxy groups -OCH3 is 2. The van der Waals surface area contributed by atoms with Crippen LogP contribution in [-0.2, 0) is 9.47 Å². The van der Waals surface area contributed by atoms with Crippen LogP contribution in [0.2, 0.25) is 0 Å². The van der Waals surface area contributed by atoms with Gasteiger partial charge in [0.05, 0.1) is 24.4 Å². The van der Waals surface area contributed by atoms with Crippen molar-refractivity contribution in [2.75, 3.05) is 47.5 Å². The summed E-state index contributed by atoms with van der Waals surface area (Å²) >= 11 is 0. The predicted molar refractivity (Wildman–Crippen MR) is 69.6 cm³/mol. The summed E-state index contributed by atoms with van der Waals surface area (Å²) < 4.78 is 10.9. The molecule has 0 aromatic heterocycles. The van der Waals surface area contributed by atoms with Gasteiger partial charge in [0.1, 0.15) is 0 Å². The largest absolute Gasteiger partial charge is 0.394 e. The van der Waals surface area contributed by atoms with Gasteiger partial charge in [-0.3, -0.25) is 4.90 Å². The number of aliphatic hydroxyl groups is 1. The van der Waals surface area contributed by atoms with Gasteiger partial charge in [0.15, 0.2) is 0 Å². The third-order valence-corrected chi connectivity index (χ3v) is 4.54. The first-order valence-electron chi connectivity index (χ1n) is 6.76. The maximum atomic E-state index is 9.74. The summed E-state index contributed by atoms with van der Waals surface area (Å²) in [6.45, 7) is 2.82. The molecule has 5 heteroatoms. The number of nitrogens with one attached hydrogen (secondary N) is 1. The Kier molecular flexibility index (Phi) is 4.61. The zero-order chi connectivity index (χ0) is 13.2. The van der Waals surface area contributed by atoms with Crippen LogP contribution in [0.15, 0.2) is 0 Å². The molecule has 3 unspecified atom stereocenters. The molecule has 0 bridgehead atoms. The molecule has 1 aliphatic heterocycles. The summed E-state index contributed by atoms with van der Waals surface area (Å²) in [7, 11) is 5.42. The zero-order valence-electron chi connectivity index (χ0n) is 11.7. The molecule has 2 rings (SSSR count). The average molecular weight is 258 g/mol. The standard InChI is InChI=1S/C13H26N2O3/c1-14-13(9-16,10-4-5-10)8-15-6-11(17-2)12(7-15)18-3/h10-12,14,16H,4-9H2,1-3H3. The molecule has 5 nitrogen and oxygen atoms in total. The topological polar surface area (TPSA) is 54.0 Å². The molecule has 18 heavy (non-hydrogen) atoms. The van der Waals surface area contributed by atoms with Crippen LogP contribution >= 0.6 is 0 Å². The molecule has 2 N–H and O–H groups in total. The monoisotopic (exact) mass is 258 g/mol.